The lowest BCUT2D eigenvalue weighted by atomic mass is 10.1. The van der Waals surface area contributed by atoms with Gasteiger partial charge in [0.05, 0.1) is 6.54 Å². The Morgan fingerprint density at radius 3 is 2.00 bits per heavy atom. The SMILES string of the molecule is CCCCCCCCCn1cc[n+](CC(O)(P(=O)(O)O)P(=O)(O)O)c1. The van der Waals surface area contributed by atoms with E-state index in [-0.39, 0.29) is 0 Å². The van der Waals surface area contributed by atoms with E-state index >= 15 is 0 Å². The Labute approximate surface area is 147 Å². The monoisotopic (exact) mass is 399 g/mol. The van der Waals surface area contributed by atoms with Gasteiger partial charge in [-0.25, -0.2) is 9.13 Å². The van der Waals surface area contributed by atoms with Gasteiger partial charge in [-0.1, -0.05) is 39.0 Å². The van der Waals surface area contributed by atoms with Crippen LogP contribution in [0.1, 0.15) is 51.9 Å². The second-order valence-corrected chi connectivity index (χ2v) is 10.3. The van der Waals surface area contributed by atoms with Crippen LogP contribution >= 0.6 is 15.2 Å². The lowest BCUT2D eigenvalue weighted by Crippen LogP contribution is -2.46. The Hall–Kier alpha value is -0.530. The minimum absolute atomic E-state index is 0.686. The molecule has 0 aliphatic heterocycles. The van der Waals surface area contributed by atoms with Crippen LogP contribution in [0, 0.1) is 0 Å². The summed E-state index contributed by atoms with van der Waals surface area (Å²) in [5, 5.41) is 6.47. The van der Waals surface area contributed by atoms with Gasteiger partial charge in [-0.15, -0.1) is 0 Å². The summed E-state index contributed by atoms with van der Waals surface area (Å²) in [5.74, 6) is 0. The highest BCUT2D eigenvalue weighted by atomic mass is 31.2. The molecule has 0 amide bonds. The van der Waals surface area contributed by atoms with Crippen LogP contribution in [0.3, 0.4) is 0 Å². The van der Waals surface area contributed by atoms with E-state index in [9.17, 15) is 14.2 Å². The van der Waals surface area contributed by atoms with E-state index in [1.807, 2.05) is 0 Å². The summed E-state index contributed by atoms with van der Waals surface area (Å²) < 4.78 is 25.6. The van der Waals surface area contributed by atoms with Gasteiger partial charge < -0.3 is 24.7 Å². The molecule has 0 bridgehead atoms. The molecular weight excluding hydrogens is 370 g/mol. The number of rotatable bonds is 12. The van der Waals surface area contributed by atoms with Crippen LogP contribution in [0.2, 0.25) is 0 Å². The predicted octanol–water partition coefficient (Wildman–Crippen LogP) is 1.53. The molecule has 0 fully saturated rings. The molecule has 0 unspecified atom stereocenters. The average molecular weight is 399 g/mol. The molecule has 0 atom stereocenters. The van der Waals surface area contributed by atoms with E-state index in [4.69, 9.17) is 19.6 Å². The van der Waals surface area contributed by atoms with Crippen molar-refractivity contribution in [3.8, 4) is 0 Å². The molecular formula is C14H29N2O7P2+. The number of nitrogens with zero attached hydrogens (tertiary/aromatic N) is 2. The molecule has 9 nitrogen and oxygen atoms in total. The molecule has 1 rings (SSSR count). The van der Waals surface area contributed by atoms with Crippen molar-refractivity contribution in [1.82, 2.24) is 4.57 Å². The topological polar surface area (TPSA) is 144 Å². The Kier molecular flexibility index (Phi) is 8.48. The molecule has 146 valence electrons. The molecule has 25 heavy (non-hydrogen) atoms. The molecule has 0 aliphatic carbocycles. The van der Waals surface area contributed by atoms with Gasteiger partial charge >= 0.3 is 20.3 Å². The second-order valence-electron chi connectivity index (χ2n) is 6.31. The summed E-state index contributed by atoms with van der Waals surface area (Å²) in [5.41, 5.74) is 0. The fraction of sp³-hybridized carbons (Fsp3) is 0.786. The van der Waals surface area contributed by atoms with E-state index in [0.717, 1.165) is 19.3 Å². The van der Waals surface area contributed by atoms with Crippen LogP contribution in [-0.4, -0.2) is 34.3 Å². The highest BCUT2D eigenvalue weighted by molar-refractivity contribution is 7.72. The van der Waals surface area contributed by atoms with Crippen LogP contribution in [0.25, 0.3) is 0 Å². The van der Waals surface area contributed by atoms with Gasteiger partial charge in [0.15, 0.2) is 0 Å². The number of aryl methyl sites for hydroxylation is 1. The molecule has 11 heteroatoms. The number of unbranched alkanes of at least 4 members (excludes halogenated alkanes) is 6. The predicted molar refractivity (Wildman–Crippen MR) is 91.7 cm³/mol. The van der Waals surface area contributed by atoms with Crippen LogP contribution in [0.4, 0.5) is 0 Å². The van der Waals surface area contributed by atoms with Gasteiger partial charge in [0, 0.05) is 0 Å². The van der Waals surface area contributed by atoms with E-state index in [1.54, 1.807) is 10.8 Å². The second kappa shape index (κ2) is 9.42. The lowest BCUT2D eigenvalue weighted by Gasteiger charge is -2.27. The largest absolute Gasteiger partial charge is 0.373 e. The van der Waals surface area contributed by atoms with Crippen molar-refractivity contribution in [2.45, 2.75) is 70.0 Å². The summed E-state index contributed by atoms with van der Waals surface area (Å²) in [6, 6.07) is 0. The van der Waals surface area contributed by atoms with Crippen LogP contribution in [-0.2, 0) is 22.2 Å². The quantitative estimate of drug-likeness (QED) is 0.204. The fourth-order valence-electron chi connectivity index (χ4n) is 2.51. The van der Waals surface area contributed by atoms with E-state index < -0.39 is 26.8 Å². The van der Waals surface area contributed by atoms with E-state index in [2.05, 4.69) is 6.92 Å². The van der Waals surface area contributed by atoms with Crippen molar-refractivity contribution in [3.05, 3.63) is 18.7 Å². The fourth-order valence-corrected chi connectivity index (χ4v) is 4.57. The zero-order valence-corrected chi connectivity index (χ0v) is 16.2. The smallest absolute Gasteiger partial charge is 0.365 e. The van der Waals surface area contributed by atoms with Gasteiger partial charge in [0.25, 0.3) is 0 Å². The normalized spacial score (nSPS) is 13.4. The highest BCUT2D eigenvalue weighted by Crippen LogP contribution is 2.67. The molecule has 0 aromatic carbocycles. The van der Waals surface area contributed by atoms with Crippen LogP contribution in [0.15, 0.2) is 18.7 Å². The third-order valence-corrected chi connectivity index (χ3v) is 7.81. The van der Waals surface area contributed by atoms with Crippen molar-refractivity contribution < 1.29 is 38.4 Å². The van der Waals surface area contributed by atoms with Crippen molar-refractivity contribution in [2.75, 3.05) is 0 Å². The molecule has 0 aliphatic rings. The molecule has 0 radical (unpaired) electrons. The zero-order chi connectivity index (χ0) is 19.1. The molecule has 1 aromatic rings. The first-order chi connectivity index (χ1) is 11.5. The first-order valence-electron chi connectivity index (χ1n) is 8.40. The molecule has 0 saturated carbocycles. The minimum Gasteiger partial charge on any atom is -0.365 e. The average Bonchev–Trinajstić information content (AvgIpc) is 2.91. The van der Waals surface area contributed by atoms with Gasteiger partial charge in [-0.2, -0.15) is 0 Å². The number of hydrogen-bond donors (Lipinski definition) is 5. The summed E-state index contributed by atoms with van der Waals surface area (Å²) >= 11 is 0. The minimum atomic E-state index is -5.44. The highest BCUT2D eigenvalue weighted by Gasteiger charge is 2.61. The third-order valence-electron chi connectivity index (χ3n) is 4.09. The number of aliphatic hydroxyl groups is 1. The third kappa shape index (κ3) is 6.61. The van der Waals surface area contributed by atoms with Gasteiger partial charge in [0.1, 0.15) is 18.9 Å². The van der Waals surface area contributed by atoms with Crippen molar-refractivity contribution in [3.63, 3.8) is 0 Å². The number of aromatic nitrogens is 2. The first kappa shape index (κ1) is 22.5. The Morgan fingerprint density at radius 2 is 1.48 bits per heavy atom. The lowest BCUT2D eigenvalue weighted by molar-refractivity contribution is -0.703. The maximum absolute atomic E-state index is 11.4. The van der Waals surface area contributed by atoms with Crippen molar-refractivity contribution in [1.29, 1.82) is 0 Å². The van der Waals surface area contributed by atoms with Crippen molar-refractivity contribution in [2.24, 2.45) is 0 Å². The number of hydrogen-bond acceptors (Lipinski definition) is 3. The number of imidazole rings is 1. The molecule has 1 aromatic heterocycles. The van der Waals surface area contributed by atoms with Crippen LogP contribution in [0.5, 0.6) is 0 Å². The summed E-state index contributed by atoms with van der Waals surface area (Å²) in [4.78, 5) is 36.6. The van der Waals surface area contributed by atoms with Gasteiger partial charge in [0.2, 0.25) is 6.33 Å². The molecule has 0 saturated heterocycles. The Balaban J connectivity index is 2.57. The van der Waals surface area contributed by atoms with Gasteiger partial charge in [-0.05, 0) is 12.8 Å². The molecule has 5 N–H and O–H groups in total. The summed E-state index contributed by atoms with van der Waals surface area (Å²) in [6.07, 6.45) is 12.6. The maximum atomic E-state index is 11.4. The molecule has 1 heterocycles. The summed E-state index contributed by atoms with van der Waals surface area (Å²) in [7, 11) is -10.9. The Morgan fingerprint density at radius 1 is 0.960 bits per heavy atom. The maximum Gasteiger partial charge on any atom is 0.373 e. The first-order valence-corrected chi connectivity index (χ1v) is 11.6. The van der Waals surface area contributed by atoms with Crippen molar-refractivity contribution >= 4 is 15.2 Å². The van der Waals surface area contributed by atoms with Crippen LogP contribution < -0.4 is 4.57 Å². The van der Waals surface area contributed by atoms with E-state index in [0.29, 0.717) is 6.54 Å². The van der Waals surface area contributed by atoms with Gasteiger partial charge in [-0.3, -0.25) is 9.13 Å². The Bertz CT molecular complexity index is 600. The summed E-state index contributed by atoms with van der Waals surface area (Å²) in [6.45, 7) is 1.96. The molecule has 0 spiro atoms. The standard InChI is InChI=1S/C14H28N2O7P2/c1-2-3-4-5-6-7-8-9-15-10-11-16(13-15)12-14(17,24(18,19)20)25(21,22)23/h10-11,13,17H,2-9,12H2,1H3,(H3-,18,19,20,21,22,23)/p+1. The zero-order valence-electron chi connectivity index (χ0n) is 14.4. The van der Waals surface area contributed by atoms with E-state index in [1.165, 1.54) is 42.8 Å².